The number of hydrogen-bond donors (Lipinski definition) is 2. The number of rotatable bonds is 5. The van der Waals surface area contributed by atoms with E-state index in [0.717, 1.165) is 0 Å². The Labute approximate surface area is 164 Å². The summed E-state index contributed by atoms with van der Waals surface area (Å²) < 4.78 is 47.4. The van der Waals surface area contributed by atoms with Crippen LogP contribution in [0.4, 0.5) is 18.0 Å². The van der Waals surface area contributed by atoms with Crippen LogP contribution in [0.2, 0.25) is 0 Å². The standard InChI is InChI=1S/C20H17F3N2O4/c1-12-16(18(26)28-11-20(21,22)23)17(25-19(27)24-12)13-6-5-9-15(10-13)29-14-7-3-2-4-8-14/h2-10,16-17H,1,11H2,(H2,24,25,27). The van der Waals surface area contributed by atoms with Gasteiger partial charge in [-0.05, 0) is 29.8 Å². The van der Waals surface area contributed by atoms with Crippen molar-refractivity contribution in [2.75, 3.05) is 6.61 Å². The molecule has 2 unspecified atom stereocenters. The minimum absolute atomic E-state index is 0.0553. The van der Waals surface area contributed by atoms with Gasteiger partial charge in [-0.3, -0.25) is 4.79 Å². The van der Waals surface area contributed by atoms with Gasteiger partial charge in [0.05, 0.1) is 6.04 Å². The van der Waals surface area contributed by atoms with E-state index in [2.05, 4.69) is 21.9 Å². The molecule has 2 amide bonds. The summed E-state index contributed by atoms with van der Waals surface area (Å²) in [6.45, 7) is 1.86. The van der Waals surface area contributed by atoms with Crippen molar-refractivity contribution in [3.8, 4) is 11.5 Å². The first-order valence-corrected chi connectivity index (χ1v) is 8.55. The lowest BCUT2D eigenvalue weighted by Gasteiger charge is -2.33. The third kappa shape index (κ3) is 5.28. The maximum absolute atomic E-state index is 12.4. The molecule has 2 atom stereocenters. The zero-order chi connectivity index (χ0) is 21.0. The van der Waals surface area contributed by atoms with Crippen molar-refractivity contribution < 1.29 is 32.2 Å². The Morgan fingerprint density at radius 3 is 2.45 bits per heavy atom. The highest BCUT2D eigenvalue weighted by Crippen LogP contribution is 2.33. The van der Waals surface area contributed by atoms with Crippen LogP contribution in [0.3, 0.4) is 0 Å². The molecule has 1 fully saturated rings. The first kappa shape index (κ1) is 20.2. The molecule has 0 aromatic heterocycles. The summed E-state index contributed by atoms with van der Waals surface area (Å²) in [7, 11) is 0. The van der Waals surface area contributed by atoms with Gasteiger partial charge in [-0.1, -0.05) is 36.9 Å². The second-order valence-corrected chi connectivity index (χ2v) is 6.29. The monoisotopic (exact) mass is 406 g/mol. The van der Waals surface area contributed by atoms with Crippen molar-refractivity contribution in [3.05, 3.63) is 72.4 Å². The molecule has 1 heterocycles. The molecule has 3 rings (SSSR count). The molecule has 2 aromatic rings. The van der Waals surface area contributed by atoms with Gasteiger partial charge < -0.3 is 20.1 Å². The van der Waals surface area contributed by atoms with Crippen LogP contribution in [-0.4, -0.2) is 24.8 Å². The van der Waals surface area contributed by atoms with Crippen molar-refractivity contribution in [2.45, 2.75) is 12.2 Å². The zero-order valence-corrected chi connectivity index (χ0v) is 15.0. The quantitative estimate of drug-likeness (QED) is 0.734. The van der Waals surface area contributed by atoms with E-state index in [1.54, 1.807) is 48.5 Å². The Kier molecular flexibility index (Phi) is 5.76. The van der Waals surface area contributed by atoms with Crippen LogP contribution in [0.15, 0.2) is 66.9 Å². The Bertz CT molecular complexity index is 915. The molecule has 6 nitrogen and oxygen atoms in total. The molecule has 9 heteroatoms. The van der Waals surface area contributed by atoms with Gasteiger partial charge >= 0.3 is 18.2 Å². The number of alkyl halides is 3. The van der Waals surface area contributed by atoms with Gasteiger partial charge in [-0.2, -0.15) is 13.2 Å². The number of esters is 1. The SMILES string of the molecule is C=C1NC(=O)NC(c2cccc(Oc3ccccc3)c2)C1C(=O)OCC(F)(F)F. The van der Waals surface area contributed by atoms with Gasteiger partial charge in [0.15, 0.2) is 6.61 Å². The molecule has 1 aliphatic rings. The maximum atomic E-state index is 12.4. The summed E-state index contributed by atoms with van der Waals surface area (Å²) >= 11 is 0. The smallest absolute Gasteiger partial charge is 0.422 e. The lowest BCUT2D eigenvalue weighted by Crippen LogP contribution is -2.51. The first-order valence-electron chi connectivity index (χ1n) is 8.55. The van der Waals surface area contributed by atoms with E-state index in [4.69, 9.17) is 4.74 Å². The summed E-state index contributed by atoms with van der Waals surface area (Å²) in [5, 5.41) is 4.84. The average Bonchev–Trinajstić information content (AvgIpc) is 2.66. The zero-order valence-electron chi connectivity index (χ0n) is 15.0. The van der Waals surface area contributed by atoms with E-state index >= 15 is 0 Å². The number of hydrogen-bond acceptors (Lipinski definition) is 4. The van der Waals surface area contributed by atoms with E-state index in [0.29, 0.717) is 17.1 Å². The van der Waals surface area contributed by atoms with Gasteiger partial charge in [0.1, 0.15) is 17.4 Å². The molecule has 0 bridgehead atoms. The van der Waals surface area contributed by atoms with Gasteiger partial charge in [-0.15, -0.1) is 0 Å². The first-order chi connectivity index (χ1) is 13.7. The molecule has 1 saturated heterocycles. The van der Waals surface area contributed by atoms with Crippen molar-refractivity contribution in [2.24, 2.45) is 5.92 Å². The predicted octanol–water partition coefficient (Wildman–Crippen LogP) is 4.07. The van der Waals surface area contributed by atoms with E-state index in [1.165, 1.54) is 0 Å². The van der Waals surface area contributed by atoms with Gasteiger partial charge in [0.25, 0.3) is 0 Å². The Balaban J connectivity index is 1.85. The molecule has 0 radical (unpaired) electrons. The fourth-order valence-electron chi connectivity index (χ4n) is 2.88. The topological polar surface area (TPSA) is 76.7 Å². The number of amides is 2. The van der Waals surface area contributed by atoms with Crippen molar-refractivity contribution in [1.82, 2.24) is 10.6 Å². The van der Waals surface area contributed by atoms with E-state index in [1.807, 2.05) is 6.07 Å². The van der Waals surface area contributed by atoms with Crippen LogP contribution < -0.4 is 15.4 Å². The van der Waals surface area contributed by atoms with Gasteiger partial charge in [0, 0.05) is 5.70 Å². The maximum Gasteiger partial charge on any atom is 0.422 e. The van der Waals surface area contributed by atoms with Crippen molar-refractivity contribution in [1.29, 1.82) is 0 Å². The fourth-order valence-corrected chi connectivity index (χ4v) is 2.88. The molecule has 2 aromatic carbocycles. The number of ether oxygens (including phenoxy) is 2. The molecule has 2 N–H and O–H groups in total. The van der Waals surface area contributed by atoms with Gasteiger partial charge in [0.2, 0.25) is 0 Å². The number of benzene rings is 2. The number of carbonyl (C=O) groups is 2. The Morgan fingerprint density at radius 1 is 1.07 bits per heavy atom. The van der Waals surface area contributed by atoms with Gasteiger partial charge in [-0.25, -0.2) is 4.79 Å². The number of urea groups is 1. The van der Waals surface area contributed by atoms with Crippen LogP contribution in [0.5, 0.6) is 11.5 Å². The number of carbonyl (C=O) groups excluding carboxylic acids is 2. The van der Waals surface area contributed by atoms with E-state index in [9.17, 15) is 22.8 Å². The summed E-state index contributed by atoms with van der Waals surface area (Å²) in [5.41, 5.74) is 0.392. The summed E-state index contributed by atoms with van der Waals surface area (Å²) in [6.07, 6.45) is -4.67. The van der Waals surface area contributed by atoms with Crippen LogP contribution >= 0.6 is 0 Å². The third-order valence-electron chi connectivity index (χ3n) is 4.10. The fraction of sp³-hybridized carbons (Fsp3) is 0.200. The minimum atomic E-state index is -4.67. The molecule has 29 heavy (non-hydrogen) atoms. The Hall–Kier alpha value is -3.49. The highest BCUT2D eigenvalue weighted by atomic mass is 19.4. The summed E-state index contributed by atoms with van der Waals surface area (Å²) in [5.74, 6) is -1.40. The van der Waals surface area contributed by atoms with Crippen LogP contribution in [-0.2, 0) is 9.53 Å². The third-order valence-corrected chi connectivity index (χ3v) is 4.10. The lowest BCUT2D eigenvalue weighted by molar-refractivity contribution is -0.189. The van der Waals surface area contributed by atoms with Crippen LogP contribution in [0.1, 0.15) is 11.6 Å². The van der Waals surface area contributed by atoms with Crippen molar-refractivity contribution >= 4 is 12.0 Å². The highest BCUT2D eigenvalue weighted by Gasteiger charge is 2.40. The molecule has 152 valence electrons. The molecule has 0 spiro atoms. The largest absolute Gasteiger partial charge is 0.457 e. The molecular weight excluding hydrogens is 389 g/mol. The predicted molar refractivity (Wildman–Crippen MR) is 97.0 cm³/mol. The van der Waals surface area contributed by atoms with E-state index < -0.39 is 36.7 Å². The molecule has 1 aliphatic heterocycles. The second-order valence-electron chi connectivity index (χ2n) is 6.29. The Morgan fingerprint density at radius 2 is 1.76 bits per heavy atom. The summed E-state index contributed by atoms with van der Waals surface area (Å²) in [4.78, 5) is 24.2. The normalized spacial score (nSPS) is 19.1. The van der Waals surface area contributed by atoms with Crippen LogP contribution in [0.25, 0.3) is 0 Å². The molecular formula is C20H17F3N2O4. The number of para-hydroxylation sites is 1. The second kappa shape index (κ2) is 8.26. The average molecular weight is 406 g/mol. The summed E-state index contributed by atoms with van der Waals surface area (Å²) in [6, 6.07) is 13.8. The molecule has 0 saturated carbocycles. The lowest BCUT2D eigenvalue weighted by atomic mass is 9.89. The van der Waals surface area contributed by atoms with E-state index in [-0.39, 0.29) is 5.70 Å². The number of halogens is 3. The minimum Gasteiger partial charge on any atom is -0.457 e. The number of nitrogens with one attached hydrogen (secondary N) is 2. The molecule has 0 aliphatic carbocycles. The van der Waals surface area contributed by atoms with Crippen molar-refractivity contribution in [3.63, 3.8) is 0 Å². The highest BCUT2D eigenvalue weighted by molar-refractivity contribution is 5.85. The van der Waals surface area contributed by atoms with Crippen LogP contribution in [0, 0.1) is 5.92 Å².